The quantitative estimate of drug-likeness (QED) is 0.847. The van der Waals surface area contributed by atoms with Crippen LogP contribution in [0.1, 0.15) is 39.2 Å². The predicted molar refractivity (Wildman–Crippen MR) is 90.5 cm³/mol. The lowest BCUT2D eigenvalue weighted by Crippen LogP contribution is -2.42. The van der Waals surface area contributed by atoms with Crippen molar-refractivity contribution in [2.24, 2.45) is 5.92 Å². The maximum Gasteiger partial charge on any atom is 0.416 e. The van der Waals surface area contributed by atoms with Crippen molar-refractivity contribution in [3.63, 3.8) is 0 Å². The lowest BCUT2D eigenvalue weighted by molar-refractivity contribution is -0.137. The Morgan fingerprint density at radius 3 is 2.20 bits per heavy atom. The molecule has 0 bridgehead atoms. The van der Waals surface area contributed by atoms with Crippen LogP contribution in [0.25, 0.3) is 0 Å². The number of hydrogen-bond donors (Lipinski definition) is 1. The number of alkyl halides is 3. The van der Waals surface area contributed by atoms with Crippen LogP contribution in [0.4, 0.5) is 23.7 Å². The highest BCUT2D eigenvalue weighted by atomic mass is 19.4. The molecule has 0 aromatic heterocycles. The number of halogens is 3. The van der Waals surface area contributed by atoms with Crippen LogP contribution < -0.4 is 5.32 Å². The Labute approximate surface area is 146 Å². The first-order valence-electron chi connectivity index (χ1n) is 8.44. The van der Waals surface area contributed by atoms with Gasteiger partial charge in [-0.15, -0.1) is 0 Å². The van der Waals surface area contributed by atoms with Gasteiger partial charge in [0.15, 0.2) is 0 Å². The maximum absolute atomic E-state index is 12.5. The van der Waals surface area contributed by atoms with Crippen LogP contribution in [0.5, 0.6) is 0 Å². The Morgan fingerprint density at radius 2 is 1.72 bits per heavy atom. The zero-order valence-electron chi connectivity index (χ0n) is 14.8. The van der Waals surface area contributed by atoms with Crippen molar-refractivity contribution in [2.75, 3.05) is 25.0 Å². The van der Waals surface area contributed by atoms with E-state index in [1.807, 2.05) is 20.8 Å². The monoisotopic (exact) mass is 358 g/mol. The molecular weight excluding hydrogens is 333 g/mol. The molecule has 1 aromatic rings. The third-order valence-electron chi connectivity index (χ3n) is 4.07. The first kappa shape index (κ1) is 19.4. The lowest BCUT2D eigenvalue weighted by Gasteiger charge is -2.33. The summed E-state index contributed by atoms with van der Waals surface area (Å²) in [6.07, 6.45) is -2.92. The molecule has 1 aliphatic rings. The predicted octanol–water partition coefficient (Wildman–Crippen LogP) is 4.76. The van der Waals surface area contributed by atoms with Gasteiger partial charge in [0, 0.05) is 25.3 Å². The van der Waals surface area contributed by atoms with Gasteiger partial charge in [-0.2, -0.15) is 13.2 Å². The summed E-state index contributed by atoms with van der Waals surface area (Å²) in [6.45, 7) is 7.46. The highest BCUT2D eigenvalue weighted by Gasteiger charge is 2.30. The summed E-state index contributed by atoms with van der Waals surface area (Å²) in [7, 11) is 0. The third kappa shape index (κ3) is 6.14. The number of carbonyl (C=O) groups is 1. The molecule has 1 amide bonds. The summed E-state index contributed by atoms with van der Waals surface area (Å²) in [5.41, 5.74) is -0.482. The standard InChI is InChI=1S/C18H25F3N2O2/c1-17(2,3)25-16(24)23-10-8-13(9-11-23)12-22-15-6-4-14(5-7-15)18(19,20)21/h4-7,13,22H,8-12H2,1-3H3. The lowest BCUT2D eigenvalue weighted by atomic mass is 9.97. The fraction of sp³-hybridized carbons (Fsp3) is 0.611. The highest BCUT2D eigenvalue weighted by Crippen LogP contribution is 2.30. The van der Waals surface area contributed by atoms with E-state index in [4.69, 9.17) is 4.74 Å². The van der Waals surface area contributed by atoms with Crippen LogP contribution in [-0.2, 0) is 10.9 Å². The van der Waals surface area contributed by atoms with Gasteiger partial charge in [0.05, 0.1) is 5.56 Å². The molecule has 1 saturated heterocycles. The van der Waals surface area contributed by atoms with Gasteiger partial charge in [0.1, 0.15) is 5.60 Å². The molecule has 140 valence electrons. The normalized spacial score (nSPS) is 16.6. The molecule has 1 N–H and O–H groups in total. The van der Waals surface area contributed by atoms with Gasteiger partial charge in [-0.1, -0.05) is 0 Å². The van der Waals surface area contributed by atoms with E-state index >= 15 is 0 Å². The highest BCUT2D eigenvalue weighted by molar-refractivity contribution is 5.68. The summed E-state index contributed by atoms with van der Waals surface area (Å²) in [5.74, 6) is 0.376. The van der Waals surface area contributed by atoms with E-state index in [1.54, 1.807) is 4.90 Å². The van der Waals surface area contributed by atoms with E-state index in [0.29, 0.717) is 31.2 Å². The molecule has 4 nitrogen and oxygen atoms in total. The van der Waals surface area contributed by atoms with Crippen molar-refractivity contribution < 1.29 is 22.7 Å². The van der Waals surface area contributed by atoms with Crippen molar-refractivity contribution in [2.45, 2.75) is 45.4 Å². The maximum atomic E-state index is 12.5. The van der Waals surface area contributed by atoms with Crippen LogP contribution in [0, 0.1) is 5.92 Å². The molecule has 2 rings (SSSR count). The number of likely N-dealkylation sites (tertiary alicyclic amines) is 1. The van der Waals surface area contributed by atoms with Gasteiger partial charge in [-0.05, 0) is 63.8 Å². The molecule has 0 unspecified atom stereocenters. The number of rotatable bonds is 3. The number of benzene rings is 1. The van der Waals surface area contributed by atoms with Crippen LogP contribution in [0.3, 0.4) is 0 Å². The Balaban J connectivity index is 1.76. The Kier molecular flexibility index (Phi) is 5.85. The smallest absolute Gasteiger partial charge is 0.416 e. The average molecular weight is 358 g/mol. The number of nitrogens with zero attached hydrogens (tertiary/aromatic N) is 1. The van der Waals surface area contributed by atoms with Crippen molar-refractivity contribution in [3.05, 3.63) is 29.8 Å². The summed E-state index contributed by atoms with van der Waals surface area (Å²) in [4.78, 5) is 13.7. The molecule has 25 heavy (non-hydrogen) atoms. The molecule has 0 saturated carbocycles. The van der Waals surface area contributed by atoms with Crippen molar-refractivity contribution in [1.29, 1.82) is 0 Å². The van der Waals surface area contributed by atoms with Gasteiger partial charge >= 0.3 is 12.3 Å². The fourth-order valence-corrected chi connectivity index (χ4v) is 2.69. The third-order valence-corrected chi connectivity index (χ3v) is 4.07. The second-order valence-electron chi connectivity index (χ2n) is 7.37. The first-order valence-corrected chi connectivity index (χ1v) is 8.44. The summed E-state index contributed by atoms with van der Waals surface area (Å²) in [5, 5.41) is 3.17. The first-order chi connectivity index (χ1) is 11.5. The largest absolute Gasteiger partial charge is 0.444 e. The fourth-order valence-electron chi connectivity index (χ4n) is 2.69. The van der Waals surface area contributed by atoms with E-state index < -0.39 is 17.3 Å². The number of carbonyl (C=O) groups excluding carboxylic acids is 1. The van der Waals surface area contributed by atoms with Gasteiger partial charge in [0.25, 0.3) is 0 Å². The number of amides is 1. The number of ether oxygens (including phenoxy) is 1. The minimum absolute atomic E-state index is 0.290. The number of piperidine rings is 1. The molecule has 0 aliphatic carbocycles. The second-order valence-corrected chi connectivity index (χ2v) is 7.37. The molecule has 0 radical (unpaired) electrons. The molecule has 0 atom stereocenters. The average Bonchev–Trinajstić information content (AvgIpc) is 2.51. The molecule has 7 heteroatoms. The minimum atomic E-state index is -4.31. The van der Waals surface area contributed by atoms with Crippen LogP contribution in [0.2, 0.25) is 0 Å². The topological polar surface area (TPSA) is 41.6 Å². The molecule has 0 spiro atoms. The second kappa shape index (κ2) is 7.54. The van der Waals surface area contributed by atoms with E-state index in [-0.39, 0.29) is 6.09 Å². The zero-order chi connectivity index (χ0) is 18.7. The molecular formula is C18H25F3N2O2. The molecule has 1 aromatic carbocycles. The van der Waals surface area contributed by atoms with Crippen molar-refractivity contribution in [1.82, 2.24) is 4.90 Å². The Bertz CT molecular complexity index is 571. The molecule has 1 fully saturated rings. The summed E-state index contributed by atoms with van der Waals surface area (Å²) >= 11 is 0. The van der Waals surface area contributed by atoms with Crippen molar-refractivity contribution >= 4 is 11.8 Å². The van der Waals surface area contributed by atoms with Gasteiger partial charge in [-0.3, -0.25) is 0 Å². The zero-order valence-corrected chi connectivity index (χ0v) is 14.8. The van der Waals surface area contributed by atoms with Crippen LogP contribution >= 0.6 is 0 Å². The van der Waals surface area contributed by atoms with Gasteiger partial charge < -0.3 is 15.0 Å². The number of anilines is 1. The SMILES string of the molecule is CC(C)(C)OC(=O)N1CCC(CNc2ccc(C(F)(F)F)cc2)CC1. The van der Waals surface area contributed by atoms with E-state index in [0.717, 1.165) is 25.0 Å². The van der Waals surface area contributed by atoms with E-state index in [1.165, 1.54) is 12.1 Å². The van der Waals surface area contributed by atoms with E-state index in [9.17, 15) is 18.0 Å². The van der Waals surface area contributed by atoms with Crippen molar-refractivity contribution in [3.8, 4) is 0 Å². The van der Waals surface area contributed by atoms with Gasteiger partial charge in [0.2, 0.25) is 0 Å². The minimum Gasteiger partial charge on any atom is -0.444 e. The van der Waals surface area contributed by atoms with E-state index in [2.05, 4.69) is 5.32 Å². The van der Waals surface area contributed by atoms with Gasteiger partial charge in [-0.25, -0.2) is 4.79 Å². The number of hydrogen-bond acceptors (Lipinski definition) is 3. The Morgan fingerprint density at radius 1 is 1.16 bits per heavy atom. The molecule has 1 aliphatic heterocycles. The Hall–Kier alpha value is -1.92. The summed E-state index contributed by atoms with van der Waals surface area (Å²) < 4.78 is 43.0. The number of nitrogens with one attached hydrogen (secondary N) is 1. The van der Waals surface area contributed by atoms with Crippen LogP contribution in [-0.4, -0.2) is 36.2 Å². The summed E-state index contributed by atoms with van der Waals surface area (Å²) in [6, 6.07) is 5.04. The molecule has 1 heterocycles. The van der Waals surface area contributed by atoms with Crippen LogP contribution in [0.15, 0.2) is 24.3 Å².